The Morgan fingerprint density at radius 2 is 1.83 bits per heavy atom. The third-order valence-electron chi connectivity index (χ3n) is 2.00. The third-order valence-corrected chi connectivity index (χ3v) is 3.61. The van der Waals surface area contributed by atoms with E-state index in [1.165, 1.54) is 0 Å². The summed E-state index contributed by atoms with van der Waals surface area (Å²) in [6.45, 7) is 2.52. The normalized spacial score (nSPS) is 22.2. The molecule has 0 unspecified atom stereocenters. The van der Waals surface area contributed by atoms with E-state index in [-0.39, 0.29) is 17.4 Å². The highest BCUT2D eigenvalue weighted by atomic mass is 32.2. The molecule has 0 atom stereocenters. The van der Waals surface area contributed by atoms with Crippen molar-refractivity contribution in [2.24, 2.45) is 0 Å². The van der Waals surface area contributed by atoms with E-state index in [9.17, 15) is 13.2 Å². The maximum atomic E-state index is 11.1. The van der Waals surface area contributed by atoms with Crippen molar-refractivity contribution in [2.75, 3.05) is 24.6 Å². The third kappa shape index (κ3) is 2.20. The molecule has 1 rings (SSSR count). The first-order chi connectivity index (χ1) is 5.55. The van der Waals surface area contributed by atoms with Gasteiger partial charge in [0.05, 0.1) is 11.5 Å². The molecule has 5 heteroatoms. The fraction of sp³-hybridized carbons (Fsp3) is 0.857. The van der Waals surface area contributed by atoms with Gasteiger partial charge in [-0.15, -0.1) is 0 Å². The molecule has 0 aromatic carbocycles. The Bertz CT molecular complexity index is 256. The van der Waals surface area contributed by atoms with E-state index in [1.54, 1.807) is 11.8 Å². The summed E-state index contributed by atoms with van der Waals surface area (Å²) < 4.78 is 21.9. The fourth-order valence-corrected chi connectivity index (χ4v) is 2.39. The predicted octanol–water partition coefficient (Wildman–Crippen LogP) is -0.347. The minimum Gasteiger partial charge on any atom is -0.341 e. The minimum atomic E-state index is -2.85. The Balaban J connectivity index is 2.52. The van der Waals surface area contributed by atoms with Gasteiger partial charge in [0.1, 0.15) is 0 Å². The smallest absolute Gasteiger partial charge is 0.222 e. The van der Waals surface area contributed by atoms with Crippen molar-refractivity contribution in [3.63, 3.8) is 0 Å². The molecular formula is C7H13NO3S. The summed E-state index contributed by atoms with van der Waals surface area (Å²) in [5.41, 5.74) is 0. The van der Waals surface area contributed by atoms with Gasteiger partial charge in [-0.25, -0.2) is 8.42 Å². The Kier molecular flexibility index (Phi) is 2.72. The zero-order valence-corrected chi connectivity index (χ0v) is 7.93. The molecule has 1 amide bonds. The molecule has 1 heterocycles. The second-order valence-electron chi connectivity index (χ2n) is 2.89. The number of carbonyl (C=O) groups excluding carboxylic acids is 1. The van der Waals surface area contributed by atoms with Gasteiger partial charge in [-0.1, -0.05) is 6.92 Å². The maximum Gasteiger partial charge on any atom is 0.222 e. The van der Waals surface area contributed by atoms with Gasteiger partial charge in [0.25, 0.3) is 0 Å². The minimum absolute atomic E-state index is 0.0462. The van der Waals surface area contributed by atoms with Crippen LogP contribution in [0.4, 0.5) is 0 Å². The lowest BCUT2D eigenvalue weighted by Crippen LogP contribution is -2.43. The van der Waals surface area contributed by atoms with Gasteiger partial charge in [-0.2, -0.15) is 0 Å². The van der Waals surface area contributed by atoms with Gasteiger partial charge < -0.3 is 4.90 Å². The fourth-order valence-electron chi connectivity index (χ4n) is 1.19. The van der Waals surface area contributed by atoms with E-state index >= 15 is 0 Å². The first-order valence-electron chi connectivity index (χ1n) is 4.03. The Labute approximate surface area is 72.5 Å². The molecule has 70 valence electrons. The van der Waals surface area contributed by atoms with E-state index in [1.807, 2.05) is 0 Å². The molecule has 0 radical (unpaired) electrons. The molecule has 0 spiro atoms. The molecule has 0 saturated carbocycles. The lowest BCUT2D eigenvalue weighted by Gasteiger charge is -2.26. The van der Waals surface area contributed by atoms with Crippen molar-refractivity contribution in [1.29, 1.82) is 0 Å². The van der Waals surface area contributed by atoms with Gasteiger partial charge in [0.15, 0.2) is 9.84 Å². The van der Waals surface area contributed by atoms with Crippen molar-refractivity contribution in [1.82, 2.24) is 4.90 Å². The van der Waals surface area contributed by atoms with Gasteiger partial charge in [-0.05, 0) is 0 Å². The molecule has 0 bridgehead atoms. The molecule has 4 nitrogen and oxygen atoms in total. The average molecular weight is 191 g/mol. The number of hydrogen-bond acceptors (Lipinski definition) is 3. The van der Waals surface area contributed by atoms with Crippen LogP contribution in [0.1, 0.15) is 13.3 Å². The second-order valence-corrected chi connectivity index (χ2v) is 5.19. The number of rotatable bonds is 1. The highest BCUT2D eigenvalue weighted by Gasteiger charge is 2.23. The zero-order chi connectivity index (χ0) is 9.19. The van der Waals surface area contributed by atoms with Crippen LogP contribution < -0.4 is 0 Å². The maximum absolute atomic E-state index is 11.1. The Morgan fingerprint density at radius 1 is 1.33 bits per heavy atom. The van der Waals surface area contributed by atoms with Crippen molar-refractivity contribution < 1.29 is 13.2 Å². The van der Waals surface area contributed by atoms with Crippen molar-refractivity contribution in [3.8, 4) is 0 Å². The average Bonchev–Trinajstić information content (AvgIpc) is 2.03. The molecule has 1 aliphatic rings. The van der Waals surface area contributed by atoms with Crippen LogP contribution in [0.5, 0.6) is 0 Å². The molecule has 1 aliphatic heterocycles. The molecule has 1 fully saturated rings. The molecule has 0 N–H and O–H groups in total. The number of amides is 1. The second kappa shape index (κ2) is 3.43. The van der Waals surface area contributed by atoms with Crippen molar-refractivity contribution in [2.45, 2.75) is 13.3 Å². The Hall–Kier alpha value is -0.580. The zero-order valence-electron chi connectivity index (χ0n) is 7.12. The molecule has 0 aliphatic carbocycles. The summed E-state index contributed by atoms with van der Waals surface area (Å²) in [6.07, 6.45) is 0.458. The van der Waals surface area contributed by atoms with E-state index < -0.39 is 9.84 Å². The summed E-state index contributed by atoms with van der Waals surface area (Å²) in [4.78, 5) is 12.7. The van der Waals surface area contributed by atoms with Crippen LogP contribution in [-0.4, -0.2) is 43.8 Å². The quantitative estimate of drug-likeness (QED) is 0.569. The van der Waals surface area contributed by atoms with Gasteiger partial charge >= 0.3 is 0 Å². The number of sulfone groups is 1. The van der Waals surface area contributed by atoms with Crippen molar-refractivity contribution >= 4 is 15.7 Å². The first-order valence-corrected chi connectivity index (χ1v) is 5.85. The first kappa shape index (κ1) is 9.51. The predicted molar refractivity (Wildman–Crippen MR) is 45.5 cm³/mol. The molecular weight excluding hydrogens is 178 g/mol. The van der Waals surface area contributed by atoms with Crippen molar-refractivity contribution in [3.05, 3.63) is 0 Å². The highest BCUT2D eigenvalue weighted by Crippen LogP contribution is 2.04. The van der Waals surface area contributed by atoms with Crippen LogP contribution >= 0.6 is 0 Å². The summed E-state index contributed by atoms with van der Waals surface area (Å²) in [6, 6.07) is 0. The molecule has 0 aromatic rings. The Morgan fingerprint density at radius 3 is 2.25 bits per heavy atom. The summed E-state index contributed by atoms with van der Waals surface area (Å²) >= 11 is 0. The van der Waals surface area contributed by atoms with Crippen LogP contribution in [0.2, 0.25) is 0 Å². The summed E-state index contributed by atoms with van der Waals surface area (Å²) in [5, 5.41) is 0. The van der Waals surface area contributed by atoms with Crippen LogP contribution in [0.25, 0.3) is 0 Å². The molecule has 12 heavy (non-hydrogen) atoms. The topological polar surface area (TPSA) is 54.5 Å². The van der Waals surface area contributed by atoms with Crippen LogP contribution in [-0.2, 0) is 14.6 Å². The van der Waals surface area contributed by atoms with Crippen LogP contribution in [0.3, 0.4) is 0 Å². The van der Waals surface area contributed by atoms with Gasteiger partial charge in [0, 0.05) is 19.5 Å². The molecule has 1 saturated heterocycles. The standard InChI is InChI=1S/C7H13NO3S/c1-2-7(9)8-3-5-12(10,11)6-4-8/h2-6H2,1H3. The number of carbonyl (C=O) groups is 1. The highest BCUT2D eigenvalue weighted by molar-refractivity contribution is 7.91. The SMILES string of the molecule is CCC(=O)N1CCS(=O)(=O)CC1. The largest absolute Gasteiger partial charge is 0.341 e. The van der Waals surface area contributed by atoms with Crippen LogP contribution in [0.15, 0.2) is 0 Å². The van der Waals surface area contributed by atoms with E-state index in [2.05, 4.69) is 0 Å². The summed E-state index contributed by atoms with van der Waals surface area (Å²) in [7, 11) is -2.85. The lowest BCUT2D eigenvalue weighted by atomic mass is 10.4. The monoisotopic (exact) mass is 191 g/mol. The van der Waals surface area contributed by atoms with Gasteiger partial charge in [0.2, 0.25) is 5.91 Å². The van der Waals surface area contributed by atoms with E-state index in [4.69, 9.17) is 0 Å². The van der Waals surface area contributed by atoms with Gasteiger partial charge in [-0.3, -0.25) is 4.79 Å². The van der Waals surface area contributed by atoms with E-state index in [0.29, 0.717) is 19.5 Å². The summed E-state index contributed by atoms with van der Waals surface area (Å²) in [5.74, 6) is 0.294. The number of nitrogens with zero attached hydrogens (tertiary/aromatic N) is 1. The number of hydrogen-bond donors (Lipinski definition) is 0. The van der Waals surface area contributed by atoms with E-state index in [0.717, 1.165) is 0 Å². The van der Waals surface area contributed by atoms with Crippen LogP contribution in [0, 0.1) is 0 Å². The lowest BCUT2D eigenvalue weighted by molar-refractivity contribution is -0.130. The molecule has 0 aromatic heterocycles.